The average molecular weight is 379 g/mol. The highest BCUT2D eigenvalue weighted by Crippen LogP contribution is 2.44. The smallest absolute Gasteiger partial charge is 0.182 e. The molecule has 2 aliphatic rings. The molecule has 5 rings (SSSR count). The van der Waals surface area contributed by atoms with Crippen LogP contribution >= 0.6 is 11.6 Å². The number of carbonyl (C=O) groups excluding carboxylic acids is 1. The molecule has 0 aliphatic heterocycles. The monoisotopic (exact) mass is 378 g/mol. The Hall–Kier alpha value is -2.13. The molecule has 2 fully saturated rings. The van der Waals surface area contributed by atoms with Crippen LogP contribution in [0.1, 0.15) is 72.0 Å². The van der Waals surface area contributed by atoms with Crippen molar-refractivity contribution in [2.24, 2.45) is 5.92 Å². The van der Waals surface area contributed by atoms with Crippen LogP contribution in [0.25, 0.3) is 5.52 Å². The maximum Gasteiger partial charge on any atom is 0.182 e. The fourth-order valence-corrected chi connectivity index (χ4v) is 4.95. The van der Waals surface area contributed by atoms with E-state index in [2.05, 4.69) is 29.2 Å². The molecular formula is C23H23ClN2O. The van der Waals surface area contributed by atoms with E-state index < -0.39 is 0 Å². The molecule has 2 aromatic heterocycles. The van der Waals surface area contributed by atoms with Crippen LogP contribution in [0.15, 0.2) is 48.9 Å². The van der Waals surface area contributed by atoms with Crippen molar-refractivity contribution in [3.63, 3.8) is 0 Å². The van der Waals surface area contributed by atoms with E-state index in [4.69, 9.17) is 11.6 Å². The number of aromatic nitrogens is 2. The molecule has 2 aliphatic carbocycles. The Morgan fingerprint density at radius 1 is 0.926 bits per heavy atom. The summed E-state index contributed by atoms with van der Waals surface area (Å²) < 4.78 is 2.01. The van der Waals surface area contributed by atoms with Crippen molar-refractivity contribution < 1.29 is 4.79 Å². The Bertz CT molecular complexity index is 997. The largest absolute Gasteiger partial charge is 0.296 e. The van der Waals surface area contributed by atoms with Crippen LogP contribution in [0.3, 0.4) is 0 Å². The SMILES string of the molecule is O=C(c1c(C2CC2)ccc2cncn12)C1CCC(c2ccccc2Cl)CC1. The van der Waals surface area contributed by atoms with Gasteiger partial charge in [-0.15, -0.1) is 0 Å². The fourth-order valence-electron chi connectivity index (χ4n) is 4.66. The van der Waals surface area contributed by atoms with Crippen molar-refractivity contribution in [1.82, 2.24) is 9.38 Å². The van der Waals surface area contributed by atoms with E-state index in [-0.39, 0.29) is 5.92 Å². The second-order valence-electron chi connectivity index (χ2n) is 8.03. The zero-order valence-electron chi connectivity index (χ0n) is 15.3. The van der Waals surface area contributed by atoms with E-state index in [0.717, 1.165) is 41.9 Å². The summed E-state index contributed by atoms with van der Waals surface area (Å²) in [5.74, 6) is 1.43. The number of nitrogens with zero attached hydrogens (tertiary/aromatic N) is 2. The van der Waals surface area contributed by atoms with E-state index in [9.17, 15) is 4.79 Å². The summed E-state index contributed by atoms with van der Waals surface area (Å²) >= 11 is 6.39. The van der Waals surface area contributed by atoms with Gasteiger partial charge in [-0.25, -0.2) is 4.98 Å². The Kier molecular flexibility index (Phi) is 4.28. The lowest BCUT2D eigenvalue weighted by Crippen LogP contribution is -2.24. The van der Waals surface area contributed by atoms with E-state index in [1.165, 1.54) is 24.0 Å². The molecule has 0 amide bonds. The molecule has 0 unspecified atom stereocenters. The number of rotatable bonds is 4. The van der Waals surface area contributed by atoms with Gasteiger partial charge in [0, 0.05) is 10.9 Å². The first-order valence-corrected chi connectivity index (χ1v) is 10.3. The number of hydrogen-bond donors (Lipinski definition) is 0. The van der Waals surface area contributed by atoms with Crippen LogP contribution in [0.5, 0.6) is 0 Å². The number of pyridine rings is 1. The molecule has 0 radical (unpaired) electrons. The maximum atomic E-state index is 13.5. The van der Waals surface area contributed by atoms with Gasteiger partial charge in [-0.1, -0.05) is 35.9 Å². The zero-order chi connectivity index (χ0) is 18.4. The van der Waals surface area contributed by atoms with Gasteiger partial charge < -0.3 is 0 Å². The van der Waals surface area contributed by atoms with Crippen LogP contribution in [-0.2, 0) is 0 Å². The number of hydrogen-bond acceptors (Lipinski definition) is 2. The lowest BCUT2D eigenvalue weighted by Gasteiger charge is -2.29. The van der Waals surface area contributed by atoms with E-state index >= 15 is 0 Å². The minimum absolute atomic E-state index is 0.106. The first-order chi connectivity index (χ1) is 13.2. The predicted molar refractivity (Wildman–Crippen MR) is 108 cm³/mol. The minimum atomic E-state index is 0.106. The molecule has 0 spiro atoms. The molecule has 0 saturated heterocycles. The third-order valence-electron chi connectivity index (χ3n) is 6.31. The molecule has 1 aromatic carbocycles. The molecule has 0 N–H and O–H groups in total. The number of Topliss-reactive ketones (excluding diaryl/α,β-unsaturated/α-hetero) is 1. The third-order valence-corrected chi connectivity index (χ3v) is 6.65. The second-order valence-corrected chi connectivity index (χ2v) is 8.44. The van der Waals surface area contributed by atoms with Crippen LogP contribution in [0.4, 0.5) is 0 Å². The van der Waals surface area contributed by atoms with Crippen molar-refractivity contribution in [3.05, 3.63) is 70.8 Å². The van der Waals surface area contributed by atoms with Crippen LogP contribution in [0.2, 0.25) is 5.02 Å². The maximum absolute atomic E-state index is 13.5. The van der Waals surface area contributed by atoms with Crippen LogP contribution in [0, 0.1) is 5.92 Å². The lowest BCUT2D eigenvalue weighted by molar-refractivity contribution is 0.0876. The quantitative estimate of drug-likeness (QED) is 0.520. The fraction of sp³-hybridized carbons (Fsp3) is 0.391. The van der Waals surface area contributed by atoms with Crippen molar-refractivity contribution in [1.29, 1.82) is 0 Å². The van der Waals surface area contributed by atoms with Gasteiger partial charge in [0.25, 0.3) is 0 Å². The van der Waals surface area contributed by atoms with Crippen molar-refractivity contribution in [3.8, 4) is 0 Å². The van der Waals surface area contributed by atoms with E-state index in [0.29, 0.717) is 17.6 Å². The van der Waals surface area contributed by atoms with Crippen LogP contribution < -0.4 is 0 Å². The standard InChI is InChI=1S/C23H23ClN2O/c24-21-4-2-1-3-19(21)15-7-9-17(10-8-15)23(27)22-20(16-5-6-16)12-11-18-13-25-14-26(18)22/h1-4,11-17H,5-10H2. The van der Waals surface area contributed by atoms with Crippen LogP contribution in [-0.4, -0.2) is 15.2 Å². The summed E-state index contributed by atoms with van der Waals surface area (Å²) in [7, 11) is 0. The highest BCUT2D eigenvalue weighted by atomic mass is 35.5. The van der Waals surface area contributed by atoms with Gasteiger partial charge >= 0.3 is 0 Å². The number of fused-ring (bicyclic) bond motifs is 1. The van der Waals surface area contributed by atoms with Gasteiger partial charge in [-0.05, 0) is 73.6 Å². The van der Waals surface area contributed by atoms with Gasteiger partial charge in [0.1, 0.15) is 0 Å². The van der Waals surface area contributed by atoms with E-state index in [1.807, 2.05) is 22.7 Å². The number of ketones is 1. The predicted octanol–water partition coefficient (Wildman–Crippen LogP) is 6.02. The molecule has 0 bridgehead atoms. The van der Waals surface area contributed by atoms with Gasteiger partial charge in [0.15, 0.2) is 5.78 Å². The highest BCUT2D eigenvalue weighted by Gasteiger charge is 2.34. The van der Waals surface area contributed by atoms with E-state index in [1.54, 1.807) is 6.33 Å². The lowest BCUT2D eigenvalue weighted by atomic mass is 9.76. The topological polar surface area (TPSA) is 34.4 Å². The summed E-state index contributed by atoms with van der Waals surface area (Å²) in [4.78, 5) is 17.8. The molecule has 4 heteroatoms. The summed E-state index contributed by atoms with van der Waals surface area (Å²) in [6.45, 7) is 0. The van der Waals surface area contributed by atoms with Crippen molar-refractivity contribution >= 4 is 22.9 Å². The Morgan fingerprint density at radius 2 is 1.63 bits per heavy atom. The summed E-state index contributed by atoms with van der Waals surface area (Å²) in [6.07, 6.45) is 9.94. The average Bonchev–Trinajstić information content (AvgIpc) is 3.44. The molecule has 0 atom stereocenters. The normalized spacial score (nSPS) is 22.9. The molecule has 3 aromatic rings. The Labute approximate surface area is 164 Å². The number of imidazole rings is 1. The highest BCUT2D eigenvalue weighted by molar-refractivity contribution is 6.31. The Morgan fingerprint density at radius 3 is 2.37 bits per heavy atom. The number of benzene rings is 1. The number of carbonyl (C=O) groups is 1. The van der Waals surface area contributed by atoms with Crippen molar-refractivity contribution in [2.45, 2.75) is 50.4 Å². The van der Waals surface area contributed by atoms with Crippen molar-refractivity contribution in [2.75, 3.05) is 0 Å². The first-order valence-electron chi connectivity index (χ1n) is 9.96. The molecule has 3 nitrogen and oxygen atoms in total. The minimum Gasteiger partial charge on any atom is -0.296 e. The Balaban J connectivity index is 1.40. The summed E-state index contributed by atoms with van der Waals surface area (Å²) in [6, 6.07) is 12.4. The molecule has 2 saturated carbocycles. The third kappa shape index (κ3) is 3.08. The summed E-state index contributed by atoms with van der Waals surface area (Å²) in [5.41, 5.74) is 4.35. The second kappa shape index (κ2) is 6.79. The van der Waals surface area contributed by atoms with Gasteiger partial charge in [-0.3, -0.25) is 9.20 Å². The van der Waals surface area contributed by atoms with Gasteiger partial charge in [-0.2, -0.15) is 0 Å². The summed E-state index contributed by atoms with van der Waals surface area (Å²) in [5, 5.41) is 0.853. The molecule has 27 heavy (non-hydrogen) atoms. The number of halogens is 1. The molecule has 138 valence electrons. The van der Waals surface area contributed by atoms with Gasteiger partial charge in [0.2, 0.25) is 0 Å². The molecular weight excluding hydrogens is 356 g/mol. The zero-order valence-corrected chi connectivity index (χ0v) is 16.0. The van der Waals surface area contributed by atoms with Gasteiger partial charge in [0.05, 0.1) is 23.7 Å². The first kappa shape index (κ1) is 17.0. The molecule has 2 heterocycles.